The lowest BCUT2D eigenvalue weighted by Crippen LogP contribution is -2.16. The quantitative estimate of drug-likeness (QED) is 0.779. The fraction of sp³-hybridized carbons (Fsp3) is 0.182. The van der Waals surface area contributed by atoms with E-state index in [1.807, 2.05) is 14.1 Å². The van der Waals surface area contributed by atoms with Crippen LogP contribution in [0.3, 0.4) is 0 Å². The summed E-state index contributed by atoms with van der Waals surface area (Å²) < 4.78 is 0. The number of carbonyl (C=O) groups is 2. The van der Waals surface area contributed by atoms with Crippen LogP contribution in [0.4, 0.5) is 5.13 Å². The van der Waals surface area contributed by atoms with Gasteiger partial charge in [0.2, 0.25) is 11.6 Å². The number of ketones is 2. The molecule has 0 N–H and O–H groups in total. The molecule has 4 nitrogen and oxygen atoms in total. The molecule has 1 heterocycles. The zero-order valence-corrected chi connectivity index (χ0v) is 12.9. The SMILES string of the molecule is CN(C)c1ncc(C2=C(Cl)C(=O)C(Cl)=C(Cl)C2=O)s1. The summed E-state index contributed by atoms with van der Waals surface area (Å²) in [5, 5.41) is -0.207. The first-order valence-electron chi connectivity index (χ1n) is 5.02. The summed E-state index contributed by atoms with van der Waals surface area (Å²) in [6, 6.07) is 0. The second kappa shape index (κ2) is 5.25. The van der Waals surface area contributed by atoms with Crippen LogP contribution in [0.2, 0.25) is 0 Å². The Balaban J connectivity index is 2.54. The number of anilines is 1. The van der Waals surface area contributed by atoms with Crippen molar-refractivity contribution in [1.29, 1.82) is 0 Å². The van der Waals surface area contributed by atoms with Gasteiger partial charge in [-0.2, -0.15) is 0 Å². The third-order valence-corrected chi connectivity index (χ3v) is 4.72. The number of allylic oxidation sites excluding steroid dienone is 4. The van der Waals surface area contributed by atoms with Crippen molar-refractivity contribution in [2.24, 2.45) is 0 Å². The zero-order valence-electron chi connectivity index (χ0n) is 9.83. The third kappa shape index (κ3) is 2.43. The van der Waals surface area contributed by atoms with E-state index in [0.29, 0.717) is 10.0 Å². The van der Waals surface area contributed by atoms with Crippen molar-refractivity contribution >= 4 is 68.4 Å². The molecule has 0 aromatic carbocycles. The van der Waals surface area contributed by atoms with Gasteiger partial charge in [0.1, 0.15) is 15.1 Å². The Morgan fingerprint density at radius 2 is 1.63 bits per heavy atom. The average molecular weight is 338 g/mol. The average Bonchev–Trinajstić information content (AvgIpc) is 2.84. The minimum atomic E-state index is -0.650. The van der Waals surface area contributed by atoms with E-state index >= 15 is 0 Å². The fourth-order valence-corrected chi connectivity index (χ4v) is 3.06. The number of rotatable bonds is 2. The molecular formula is C11H7Cl3N2O2S. The van der Waals surface area contributed by atoms with E-state index in [9.17, 15) is 9.59 Å². The van der Waals surface area contributed by atoms with E-state index < -0.39 is 11.6 Å². The van der Waals surface area contributed by atoms with Gasteiger partial charge in [0.25, 0.3) is 0 Å². The number of nitrogens with zero attached hydrogens (tertiary/aromatic N) is 2. The number of carbonyl (C=O) groups excluding carboxylic acids is 2. The smallest absolute Gasteiger partial charge is 0.218 e. The van der Waals surface area contributed by atoms with E-state index in [1.54, 1.807) is 4.90 Å². The summed E-state index contributed by atoms with van der Waals surface area (Å²) in [5.74, 6) is -1.21. The number of Topliss-reactive ketones (excluding diaryl/α,β-unsaturated/α-hetero) is 2. The van der Waals surface area contributed by atoms with Crippen LogP contribution in [0.25, 0.3) is 5.57 Å². The van der Waals surface area contributed by atoms with Gasteiger partial charge in [-0.25, -0.2) is 4.98 Å². The molecule has 1 aliphatic carbocycles. The van der Waals surface area contributed by atoms with Gasteiger partial charge in [0, 0.05) is 20.3 Å². The largest absolute Gasteiger partial charge is 0.354 e. The van der Waals surface area contributed by atoms with Gasteiger partial charge in [-0.05, 0) is 0 Å². The molecule has 0 fully saturated rings. The maximum absolute atomic E-state index is 12.1. The Kier molecular flexibility index (Phi) is 4.01. The first kappa shape index (κ1) is 14.5. The molecule has 8 heteroatoms. The van der Waals surface area contributed by atoms with E-state index in [4.69, 9.17) is 34.8 Å². The minimum Gasteiger partial charge on any atom is -0.354 e. The van der Waals surface area contributed by atoms with Crippen LogP contribution in [-0.4, -0.2) is 30.6 Å². The third-order valence-electron chi connectivity index (χ3n) is 2.36. The van der Waals surface area contributed by atoms with Gasteiger partial charge in [0.15, 0.2) is 5.13 Å². The summed E-state index contributed by atoms with van der Waals surface area (Å²) in [5.41, 5.74) is 0.0478. The zero-order chi connectivity index (χ0) is 14.3. The second-order valence-corrected chi connectivity index (χ2v) is 6.02. The van der Waals surface area contributed by atoms with Gasteiger partial charge in [-0.3, -0.25) is 9.59 Å². The van der Waals surface area contributed by atoms with Gasteiger partial charge in [-0.1, -0.05) is 46.1 Å². The highest BCUT2D eigenvalue weighted by molar-refractivity contribution is 7.17. The Morgan fingerprint density at radius 3 is 2.16 bits per heavy atom. The molecule has 0 bridgehead atoms. The van der Waals surface area contributed by atoms with Crippen molar-refractivity contribution in [2.45, 2.75) is 0 Å². The molecule has 0 saturated carbocycles. The molecule has 1 aliphatic rings. The Labute approximate surface area is 128 Å². The predicted molar refractivity (Wildman–Crippen MR) is 78.0 cm³/mol. The Bertz CT molecular complexity index is 646. The number of hydrogen-bond acceptors (Lipinski definition) is 5. The molecule has 0 saturated heterocycles. The predicted octanol–water partition coefficient (Wildman–Crippen LogP) is 3.00. The fourth-order valence-electron chi connectivity index (χ4n) is 1.43. The van der Waals surface area contributed by atoms with Crippen LogP contribution in [0.1, 0.15) is 4.88 Å². The molecule has 0 radical (unpaired) electrons. The molecule has 0 aliphatic heterocycles. The maximum atomic E-state index is 12.1. The highest BCUT2D eigenvalue weighted by atomic mass is 35.5. The topological polar surface area (TPSA) is 50.3 Å². The van der Waals surface area contributed by atoms with Crippen molar-refractivity contribution in [1.82, 2.24) is 4.98 Å². The molecule has 2 rings (SSSR count). The monoisotopic (exact) mass is 336 g/mol. The van der Waals surface area contributed by atoms with E-state index in [2.05, 4.69) is 4.98 Å². The maximum Gasteiger partial charge on any atom is 0.218 e. The standard InChI is InChI=1S/C11H7Cl3N2O2S/c1-16(2)11-15-3-4(19-11)5-6(12)10(18)8(14)7(13)9(5)17/h3H,1-2H3. The first-order chi connectivity index (χ1) is 8.84. The molecule has 100 valence electrons. The van der Waals surface area contributed by atoms with Crippen LogP contribution in [0, 0.1) is 0 Å². The van der Waals surface area contributed by atoms with Crippen molar-refractivity contribution in [3.63, 3.8) is 0 Å². The molecule has 0 spiro atoms. The molecule has 19 heavy (non-hydrogen) atoms. The lowest BCUT2D eigenvalue weighted by molar-refractivity contribution is -0.114. The Morgan fingerprint density at radius 1 is 1.05 bits per heavy atom. The highest BCUT2D eigenvalue weighted by Crippen LogP contribution is 2.39. The lowest BCUT2D eigenvalue weighted by Gasteiger charge is -2.13. The van der Waals surface area contributed by atoms with E-state index in [-0.39, 0.29) is 20.7 Å². The number of halogens is 3. The first-order valence-corrected chi connectivity index (χ1v) is 6.97. The molecule has 1 aromatic rings. The van der Waals surface area contributed by atoms with Crippen LogP contribution >= 0.6 is 46.1 Å². The highest BCUT2D eigenvalue weighted by Gasteiger charge is 2.34. The van der Waals surface area contributed by atoms with Crippen LogP contribution in [-0.2, 0) is 9.59 Å². The van der Waals surface area contributed by atoms with Gasteiger partial charge in [-0.15, -0.1) is 0 Å². The van der Waals surface area contributed by atoms with Gasteiger partial charge >= 0.3 is 0 Å². The van der Waals surface area contributed by atoms with Crippen LogP contribution in [0.15, 0.2) is 21.3 Å². The van der Waals surface area contributed by atoms with Crippen LogP contribution in [0.5, 0.6) is 0 Å². The van der Waals surface area contributed by atoms with Crippen molar-refractivity contribution in [2.75, 3.05) is 19.0 Å². The van der Waals surface area contributed by atoms with E-state index in [0.717, 1.165) is 0 Å². The lowest BCUT2D eigenvalue weighted by atomic mass is 10.0. The normalized spacial score (nSPS) is 16.5. The minimum absolute atomic E-state index is 0.0478. The van der Waals surface area contributed by atoms with Gasteiger partial charge in [0.05, 0.1) is 10.5 Å². The molecule has 0 unspecified atom stereocenters. The van der Waals surface area contributed by atoms with Crippen molar-refractivity contribution in [3.8, 4) is 0 Å². The van der Waals surface area contributed by atoms with E-state index in [1.165, 1.54) is 17.5 Å². The molecular weight excluding hydrogens is 331 g/mol. The summed E-state index contributed by atoms with van der Waals surface area (Å²) in [6.45, 7) is 0. The summed E-state index contributed by atoms with van der Waals surface area (Å²) in [4.78, 5) is 30.2. The molecule has 1 aromatic heterocycles. The van der Waals surface area contributed by atoms with Crippen LogP contribution < -0.4 is 4.90 Å². The van der Waals surface area contributed by atoms with Crippen molar-refractivity contribution < 1.29 is 9.59 Å². The molecule has 0 atom stereocenters. The summed E-state index contributed by atoms with van der Waals surface area (Å²) in [7, 11) is 3.63. The van der Waals surface area contributed by atoms with Gasteiger partial charge < -0.3 is 4.90 Å². The molecule has 0 amide bonds. The number of thiazole rings is 1. The van der Waals surface area contributed by atoms with Crippen molar-refractivity contribution in [3.05, 3.63) is 26.2 Å². The Hall–Kier alpha value is -0.880. The summed E-state index contributed by atoms with van der Waals surface area (Å²) >= 11 is 18.5. The number of aromatic nitrogens is 1. The summed E-state index contributed by atoms with van der Waals surface area (Å²) in [6.07, 6.45) is 1.48. The number of hydrogen-bond donors (Lipinski definition) is 0. The second-order valence-electron chi connectivity index (χ2n) is 3.88.